The largest absolute Gasteiger partial charge is 0.447 e. The van der Waals surface area contributed by atoms with Crippen molar-refractivity contribution in [3.8, 4) is 0 Å². The van der Waals surface area contributed by atoms with E-state index < -0.39 is 12.2 Å². The van der Waals surface area contributed by atoms with Gasteiger partial charge in [0.1, 0.15) is 0 Å². The predicted molar refractivity (Wildman–Crippen MR) is 58.9 cm³/mol. The molecule has 1 atom stereocenters. The maximum Gasteiger partial charge on any atom is 0.407 e. The number of carbonyl (C=O) groups is 1. The summed E-state index contributed by atoms with van der Waals surface area (Å²) in [4.78, 5) is 11.1. The molecule has 0 fully saturated rings. The molecule has 0 aliphatic rings. The number of aliphatic hydroxyl groups is 1. The third kappa shape index (κ3) is 4.31. The summed E-state index contributed by atoms with van der Waals surface area (Å²) in [6, 6.07) is 1.82. The lowest BCUT2D eigenvalue weighted by Gasteiger charge is -2.12. The highest BCUT2D eigenvalue weighted by molar-refractivity contribution is 7.07. The van der Waals surface area contributed by atoms with Crippen LogP contribution in [0.3, 0.4) is 0 Å². The Hall–Kier alpha value is -1.07. The van der Waals surface area contributed by atoms with Crippen LogP contribution >= 0.6 is 11.3 Å². The molecule has 1 aromatic rings. The Morgan fingerprint density at radius 2 is 2.40 bits per heavy atom. The summed E-state index contributed by atoms with van der Waals surface area (Å²) in [6.45, 7) is 3.71. The van der Waals surface area contributed by atoms with Crippen LogP contribution in [-0.2, 0) is 4.74 Å². The van der Waals surface area contributed by atoms with Crippen LogP contribution in [0.1, 0.15) is 25.5 Å². The number of alkyl carbamates (subject to hydrolysis) is 1. The summed E-state index contributed by atoms with van der Waals surface area (Å²) in [5.74, 6) is 0. The van der Waals surface area contributed by atoms with Gasteiger partial charge in [-0.3, -0.25) is 0 Å². The van der Waals surface area contributed by atoms with Crippen LogP contribution in [0.25, 0.3) is 0 Å². The fourth-order valence-electron chi connectivity index (χ4n) is 1.02. The minimum absolute atomic E-state index is 0.150. The van der Waals surface area contributed by atoms with E-state index >= 15 is 0 Å². The lowest BCUT2D eigenvalue weighted by atomic mass is 10.2. The number of ether oxygens (including phenoxy) is 1. The summed E-state index contributed by atoms with van der Waals surface area (Å²) in [5, 5.41) is 15.9. The average Bonchev–Trinajstić information content (AvgIpc) is 2.65. The lowest BCUT2D eigenvalue weighted by Crippen LogP contribution is -2.30. The first-order chi connectivity index (χ1) is 7.09. The molecule has 0 aromatic carbocycles. The molecule has 1 aromatic heterocycles. The monoisotopic (exact) mass is 229 g/mol. The first-order valence-corrected chi connectivity index (χ1v) is 5.68. The van der Waals surface area contributed by atoms with E-state index in [0.717, 1.165) is 5.56 Å². The zero-order valence-electron chi connectivity index (χ0n) is 8.77. The van der Waals surface area contributed by atoms with Crippen LogP contribution in [0.15, 0.2) is 16.8 Å². The number of carbonyl (C=O) groups excluding carboxylic acids is 1. The van der Waals surface area contributed by atoms with E-state index in [-0.39, 0.29) is 12.6 Å². The van der Waals surface area contributed by atoms with Gasteiger partial charge < -0.3 is 15.2 Å². The molecule has 15 heavy (non-hydrogen) atoms. The molecule has 0 bridgehead atoms. The molecule has 1 heterocycles. The molecular weight excluding hydrogens is 214 g/mol. The molecule has 0 radical (unpaired) electrons. The van der Waals surface area contributed by atoms with Crippen molar-refractivity contribution in [3.05, 3.63) is 22.4 Å². The fraction of sp³-hybridized carbons (Fsp3) is 0.500. The van der Waals surface area contributed by atoms with E-state index in [0.29, 0.717) is 0 Å². The van der Waals surface area contributed by atoms with Crippen molar-refractivity contribution in [1.29, 1.82) is 0 Å². The summed E-state index contributed by atoms with van der Waals surface area (Å²) in [7, 11) is 0. The van der Waals surface area contributed by atoms with Gasteiger partial charge in [-0.1, -0.05) is 0 Å². The molecule has 1 unspecified atom stereocenters. The van der Waals surface area contributed by atoms with Crippen molar-refractivity contribution in [2.75, 3.05) is 6.54 Å². The van der Waals surface area contributed by atoms with E-state index in [1.165, 1.54) is 11.3 Å². The van der Waals surface area contributed by atoms with Gasteiger partial charge in [0.25, 0.3) is 0 Å². The second-order valence-electron chi connectivity index (χ2n) is 3.41. The fourth-order valence-corrected chi connectivity index (χ4v) is 1.73. The molecule has 84 valence electrons. The Bertz CT molecular complexity index is 298. The van der Waals surface area contributed by atoms with E-state index in [9.17, 15) is 9.90 Å². The maximum absolute atomic E-state index is 11.1. The molecule has 2 N–H and O–H groups in total. The molecule has 5 heteroatoms. The van der Waals surface area contributed by atoms with Gasteiger partial charge in [0.2, 0.25) is 0 Å². The average molecular weight is 229 g/mol. The van der Waals surface area contributed by atoms with Gasteiger partial charge in [0.15, 0.2) is 0 Å². The SMILES string of the molecule is CC(C)OC(=O)NCC(O)c1ccsc1. The molecule has 1 rings (SSSR count). The van der Waals surface area contributed by atoms with Gasteiger partial charge in [-0.05, 0) is 36.2 Å². The minimum atomic E-state index is -0.670. The molecule has 1 amide bonds. The number of hydrogen-bond acceptors (Lipinski definition) is 4. The van der Waals surface area contributed by atoms with Crippen LogP contribution < -0.4 is 5.32 Å². The number of nitrogens with one attached hydrogen (secondary N) is 1. The Balaban J connectivity index is 2.28. The number of rotatable bonds is 4. The Morgan fingerprint density at radius 3 is 2.93 bits per heavy atom. The highest BCUT2D eigenvalue weighted by Crippen LogP contribution is 2.14. The Morgan fingerprint density at radius 1 is 1.67 bits per heavy atom. The van der Waals surface area contributed by atoms with Crippen LogP contribution in [0.5, 0.6) is 0 Å². The number of amides is 1. The number of thiophene rings is 1. The van der Waals surface area contributed by atoms with Crippen LogP contribution in [0.2, 0.25) is 0 Å². The van der Waals surface area contributed by atoms with Gasteiger partial charge >= 0.3 is 6.09 Å². The quantitative estimate of drug-likeness (QED) is 0.829. The van der Waals surface area contributed by atoms with E-state index in [4.69, 9.17) is 4.74 Å². The predicted octanol–water partition coefficient (Wildman–Crippen LogP) is 1.92. The van der Waals surface area contributed by atoms with Crippen LogP contribution in [-0.4, -0.2) is 23.8 Å². The summed E-state index contributed by atoms with van der Waals surface area (Å²) >= 11 is 1.51. The van der Waals surface area contributed by atoms with Crippen molar-refractivity contribution in [2.45, 2.75) is 26.1 Å². The number of hydrogen-bond donors (Lipinski definition) is 2. The molecule has 4 nitrogen and oxygen atoms in total. The normalized spacial score (nSPS) is 12.5. The maximum atomic E-state index is 11.1. The molecular formula is C10H15NO3S. The minimum Gasteiger partial charge on any atom is -0.447 e. The van der Waals surface area contributed by atoms with E-state index in [2.05, 4.69) is 5.32 Å². The van der Waals surface area contributed by atoms with Crippen molar-refractivity contribution in [3.63, 3.8) is 0 Å². The van der Waals surface area contributed by atoms with Crippen molar-refractivity contribution in [1.82, 2.24) is 5.32 Å². The molecule has 0 spiro atoms. The number of aliphatic hydroxyl groups excluding tert-OH is 1. The van der Waals surface area contributed by atoms with Crippen molar-refractivity contribution in [2.24, 2.45) is 0 Å². The van der Waals surface area contributed by atoms with Gasteiger partial charge in [0, 0.05) is 0 Å². The highest BCUT2D eigenvalue weighted by Gasteiger charge is 2.10. The van der Waals surface area contributed by atoms with E-state index in [1.54, 1.807) is 13.8 Å². The molecule has 0 saturated carbocycles. The van der Waals surface area contributed by atoms with Gasteiger partial charge in [-0.15, -0.1) is 0 Å². The molecule has 0 aliphatic heterocycles. The third-order valence-corrected chi connectivity index (χ3v) is 2.41. The van der Waals surface area contributed by atoms with E-state index in [1.807, 2.05) is 16.8 Å². The summed E-state index contributed by atoms with van der Waals surface area (Å²) in [5.41, 5.74) is 0.810. The Labute approximate surface area is 92.9 Å². The van der Waals surface area contributed by atoms with Crippen LogP contribution in [0.4, 0.5) is 4.79 Å². The van der Waals surface area contributed by atoms with Gasteiger partial charge in [-0.25, -0.2) is 4.79 Å². The Kier molecular flexibility index (Phi) is 4.58. The lowest BCUT2D eigenvalue weighted by molar-refractivity contribution is 0.106. The topological polar surface area (TPSA) is 58.6 Å². The van der Waals surface area contributed by atoms with Crippen molar-refractivity contribution >= 4 is 17.4 Å². The first kappa shape index (κ1) is 12.0. The van der Waals surface area contributed by atoms with Gasteiger partial charge in [0.05, 0.1) is 18.8 Å². The van der Waals surface area contributed by atoms with Gasteiger partial charge in [-0.2, -0.15) is 11.3 Å². The van der Waals surface area contributed by atoms with Crippen LogP contribution in [0, 0.1) is 0 Å². The third-order valence-electron chi connectivity index (χ3n) is 1.71. The summed E-state index contributed by atoms with van der Waals surface area (Å²) < 4.78 is 4.86. The molecule has 0 aliphatic carbocycles. The van der Waals surface area contributed by atoms with Crippen molar-refractivity contribution < 1.29 is 14.6 Å². The first-order valence-electron chi connectivity index (χ1n) is 4.74. The summed E-state index contributed by atoms with van der Waals surface area (Å²) in [6.07, 6.45) is -1.32. The zero-order valence-corrected chi connectivity index (χ0v) is 9.58. The second kappa shape index (κ2) is 5.72. The highest BCUT2D eigenvalue weighted by atomic mass is 32.1. The zero-order chi connectivity index (χ0) is 11.3. The standard InChI is InChI=1S/C10H15NO3S/c1-7(2)14-10(13)11-5-9(12)8-3-4-15-6-8/h3-4,6-7,9,12H,5H2,1-2H3,(H,11,13). The smallest absolute Gasteiger partial charge is 0.407 e. The second-order valence-corrected chi connectivity index (χ2v) is 4.19. The molecule has 0 saturated heterocycles.